The predicted molar refractivity (Wildman–Crippen MR) is 43.9 cm³/mol. The largest absolute Gasteiger partial charge is 0.377 e. The second-order valence-corrected chi connectivity index (χ2v) is 2.21. The molecule has 0 unspecified atom stereocenters. The summed E-state index contributed by atoms with van der Waals surface area (Å²) in [6.45, 7) is 5.85. The van der Waals surface area contributed by atoms with Crippen molar-refractivity contribution in [1.82, 2.24) is 0 Å². The van der Waals surface area contributed by atoms with Gasteiger partial charge < -0.3 is 10.5 Å². The van der Waals surface area contributed by atoms with Crippen molar-refractivity contribution in [1.29, 1.82) is 0 Å². The van der Waals surface area contributed by atoms with Crippen molar-refractivity contribution in [3.63, 3.8) is 0 Å². The molecule has 2 heteroatoms. The van der Waals surface area contributed by atoms with E-state index in [1.165, 1.54) is 6.42 Å². The molecule has 0 aliphatic heterocycles. The summed E-state index contributed by atoms with van der Waals surface area (Å²) in [5.74, 6) is 0. The molecule has 0 spiro atoms. The Morgan fingerprint density at radius 1 is 1.30 bits per heavy atom. The molecule has 0 saturated heterocycles. The van der Waals surface area contributed by atoms with E-state index < -0.39 is 0 Å². The summed E-state index contributed by atoms with van der Waals surface area (Å²) in [5, 5.41) is 0. The van der Waals surface area contributed by atoms with Crippen LogP contribution in [0.15, 0.2) is 12.7 Å². The molecule has 0 amide bonds. The molecule has 0 aromatic rings. The van der Waals surface area contributed by atoms with Crippen LogP contribution >= 0.6 is 0 Å². The number of rotatable bonds is 7. The van der Waals surface area contributed by atoms with E-state index >= 15 is 0 Å². The third-order valence-corrected chi connectivity index (χ3v) is 1.23. The van der Waals surface area contributed by atoms with Crippen molar-refractivity contribution in [3.8, 4) is 0 Å². The Bertz CT molecular complexity index is 73.7. The zero-order chi connectivity index (χ0) is 7.66. The van der Waals surface area contributed by atoms with Gasteiger partial charge in [-0.05, 0) is 25.8 Å². The number of hydrogen-bond acceptors (Lipinski definition) is 2. The second kappa shape index (κ2) is 8.66. The average molecular weight is 143 g/mol. The van der Waals surface area contributed by atoms with E-state index in [2.05, 4.69) is 6.58 Å². The Balaban J connectivity index is 2.70. The normalized spacial score (nSPS) is 9.70. The molecule has 0 aromatic heterocycles. The van der Waals surface area contributed by atoms with Gasteiger partial charge in [0.25, 0.3) is 0 Å². The summed E-state index contributed by atoms with van der Waals surface area (Å²) >= 11 is 0. The molecule has 0 bridgehead atoms. The van der Waals surface area contributed by atoms with Gasteiger partial charge in [0.1, 0.15) is 0 Å². The highest BCUT2D eigenvalue weighted by atomic mass is 16.5. The van der Waals surface area contributed by atoms with Crippen LogP contribution in [-0.2, 0) is 4.74 Å². The molecule has 0 aliphatic carbocycles. The number of hydrogen-bond donors (Lipinski definition) is 1. The molecule has 0 atom stereocenters. The maximum absolute atomic E-state index is 5.31. The van der Waals surface area contributed by atoms with E-state index in [0.29, 0.717) is 6.61 Å². The van der Waals surface area contributed by atoms with E-state index in [4.69, 9.17) is 10.5 Å². The van der Waals surface area contributed by atoms with E-state index in [1.807, 2.05) is 0 Å². The Kier molecular flexibility index (Phi) is 8.37. The first kappa shape index (κ1) is 9.66. The van der Waals surface area contributed by atoms with E-state index in [0.717, 1.165) is 26.0 Å². The fraction of sp³-hybridized carbons (Fsp3) is 0.750. The Morgan fingerprint density at radius 3 is 2.70 bits per heavy atom. The van der Waals surface area contributed by atoms with E-state index in [-0.39, 0.29) is 0 Å². The zero-order valence-corrected chi connectivity index (χ0v) is 6.51. The number of nitrogens with two attached hydrogens (primary N) is 1. The van der Waals surface area contributed by atoms with Crippen molar-refractivity contribution in [2.45, 2.75) is 19.3 Å². The molecule has 0 aliphatic rings. The van der Waals surface area contributed by atoms with Crippen molar-refractivity contribution < 1.29 is 4.74 Å². The minimum absolute atomic E-state index is 0.669. The minimum Gasteiger partial charge on any atom is -0.377 e. The van der Waals surface area contributed by atoms with Crippen LogP contribution in [0.25, 0.3) is 0 Å². The Labute approximate surface area is 63.1 Å². The molecule has 10 heavy (non-hydrogen) atoms. The van der Waals surface area contributed by atoms with Crippen LogP contribution in [0, 0.1) is 0 Å². The quantitative estimate of drug-likeness (QED) is 0.431. The molecule has 0 fully saturated rings. The van der Waals surface area contributed by atoms with Crippen LogP contribution in [0.1, 0.15) is 19.3 Å². The lowest BCUT2D eigenvalue weighted by Crippen LogP contribution is -2.00. The predicted octanol–water partition coefficient (Wildman–Crippen LogP) is 1.32. The first-order valence-corrected chi connectivity index (χ1v) is 3.80. The lowest BCUT2D eigenvalue weighted by Gasteiger charge is -1.99. The zero-order valence-electron chi connectivity index (χ0n) is 6.51. The molecular formula is C8H17NO. The maximum Gasteiger partial charge on any atom is 0.0644 e. The third kappa shape index (κ3) is 7.66. The fourth-order valence-electron chi connectivity index (χ4n) is 0.692. The molecule has 60 valence electrons. The van der Waals surface area contributed by atoms with Crippen molar-refractivity contribution in [2.24, 2.45) is 5.73 Å². The van der Waals surface area contributed by atoms with Gasteiger partial charge in [-0.1, -0.05) is 6.08 Å². The van der Waals surface area contributed by atoms with Crippen LogP contribution in [0.3, 0.4) is 0 Å². The van der Waals surface area contributed by atoms with Gasteiger partial charge in [0.05, 0.1) is 6.61 Å². The van der Waals surface area contributed by atoms with Gasteiger partial charge in [-0.3, -0.25) is 0 Å². The van der Waals surface area contributed by atoms with Gasteiger partial charge in [0, 0.05) is 6.61 Å². The van der Waals surface area contributed by atoms with Gasteiger partial charge >= 0.3 is 0 Å². The minimum atomic E-state index is 0.669. The smallest absolute Gasteiger partial charge is 0.0644 e. The topological polar surface area (TPSA) is 35.2 Å². The van der Waals surface area contributed by atoms with Crippen LogP contribution in [0.4, 0.5) is 0 Å². The first-order valence-electron chi connectivity index (χ1n) is 3.80. The molecule has 0 aromatic carbocycles. The summed E-state index contributed by atoms with van der Waals surface area (Å²) in [5.41, 5.74) is 5.31. The summed E-state index contributed by atoms with van der Waals surface area (Å²) in [7, 11) is 0. The Hall–Kier alpha value is -0.340. The fourth-order valence-corrected chi connectivity index (χ4v) is 0.692. The maximum atomic E-state index is 5.31. The molecule has 0 heterocycles. The lowest BCUT2D eigenvalue weighted by atomic mass is 10.2. The number of ether oxygens (including phenoxy) is 1. The Morgan fingerprint density at radius 2 is 2.10 bits per heavy atom. The standard InChI is InChI=1S/C8H17NO/c1-2-7-10-8-5-3-4-6-9/h2H,1,3-9H2. The summed E-state index contributed by atoms with van der Waals surface area (Å²) in [6, 6.07) is 0. The van der Waals surface area contributed by atoms with Gasteiger partial charge in [-0.15, -0.1) is 6.58 Å². The molecular weight excluding hydrogens is 126 g/mol. The van der Waals surface area contributed by atoms with Crippen LogP contribution < -0.4 is 5.73 Å². The summed E-state index contributed by atoms with van der Waals surface area (Å²) in [6.07, 6.45) is 5.17. The van der Waals surface area contributed by atoms with E-state index in [1.54, 1.807) is 6.08 Å². The van der Waals surface area contributed by atoms with E-state index in [9.17, 15) is 0 Å². The van der Waals surface area contributed by atoms with Gasteiger partial charge in [-0.2, -0.15) is 0 Å². The summed E-state index contributed by atoms with van der Waals surface area (Å²) in [4.78, 5) is 0. The second-order valence-electron chi connectivity index (χ2n) is 2.21. The van der Waals surface area contributed by atoms with Crippen molar-refractivity contribution in [3.05, 3.63) is 12.7 Å². The van der Waals surface area contributed by atoms with Crippen molar-refractivity contribution in [2.75, 3.05) is 19.8 Å². The molecule has 0 saturated carbocycles. The summed E-state index contributed by atoms with van der Waals surface area (Å²) < 4.78 is 5.17. The highest BCUT2D eigenvalue weighted by molar-refractivity contribution is 4.63. The monoisotopic (exact) mass is 143 g/mol. The lowest BCUT2D eigenvalue weighted by molar-refractivity contribution is 0.157. The van der Waals surface area contributed by atoms with Crippen LogP contribution in [0.2, 0.25) is 0 Å². The average Bonchev–Trinajstić information content (AvgIpc) is 1.97. The van der Waals surface area contributed by atoms with Crippen molar-refractivity contribution >= 4 is 0 Å². The van der Waals surface area contributed by atoms with Gasteiger partial charge in [0.2, 0.25) is 0 Å². The van der Waals surface area contributed by atoms with Gasteiger partial charge in [-0.25, -0.2) is 0 Å². The first-order chi connectivity index (χ1) is 4.91. The molecule has 0 rings (SSSR count). The highest BCUT2D eigenvalue weighted by Gasteiger charge is 1.86. The third-order valence-electron chi connectivity index (χ3n) is 1.23. The van der Waals surface area contributed by atoms with Crippen LogP contribution in [-0.4, -0.2) is 19.8 Å². The SMILES string of the molecule is C=CCOCCCCCN. The molecule has 2 N–H and O–H groups in total. The van der Waals surface area contributed by atoms with Crippen LogP contribution in [0.5, 0.6) is 0 Å². The highest BCUT2D eigenvalue weighted by Crippen LogP contribution is 1.93. The molecule has 2 nitrogen and oxygen atoms in total. The van der Waals surface area contributed by atoms with Gasteiger partial charge in [0.15, 0.2) is 0 Å². The molecule has 0 radical (unpaired) electrons. The number of unbranched alkanes of at least 4 members (excludes halogenated alkanes) is 2.